The molecule has 1 fully saturated rings. The van der Waals surface area contributed by atoms with Crippen LogP contribution in [0.25, 0.3) is 0 Å². The van der Waals surface area contributed by atoms with Crippen molar-refractivity contribution < 1.29 is 13.6 Å². The number of rotatable bonds is 0. The SMILES string of the molecule is C=C1N=C2c3c(c(F)c(C)c(F)c3N(C)C(=O)C3CN(C)CC(C)N23)N1C. The molecule has 0 aliphatic carbocycles. The van der Waals surface area contributed by atoms with Gasteiger partial charge in [0.05, 0.1) is 16.9 Å². The first-order valence-corrected chi connectivity index (χ1v) is 8.92. The number of halogens is 2. The molecule has 0 bridgehead atoms. The third-order valence-electron chi connectivity index (χ3n) is 5.80. The van der Waals surface area contributed by atoms with Crippen LogP contribution in [0.1, 0.15) is 18.1 Å². The molecule has 2 atom stereocenters. The van der Waals surface area contributed by atoms with E-state index in [0.717, 1.165) is 6.54 Å². The van der Waals surface area contributed by atoms with Gasteiger partial charge in [-0.3, -0.25) is 4.79 Å². The van der Waals surface area contributed by atoms with Crippen LogP contribution in [0.5, 0.6) is 0 Å². The lowest BCUT2D eigenvalue weighted by atomic mass is 9.99. The molecular formula is C19H23F2N5O. The molecule has 27 heavy (non-hydrogen) atoms. The number of hydrogen-bond donors (Lipinski definition) is 0. The second kappa shape index (κ2) is 5.76. The molecule has 0 saturated carbocycles. The highest BCUT2D eigenvalue weighted by atomic mass is 19.1. The molecule has 0 spiro atoms. The summed E-state index contributed by atoms with van der Waals surface area (Å²) in [6.45, 7) is 8.51. The van der Waals surface area contributed by atoms with Crippen LogP contribution in [0.3, 0.4) is 0 Å². The number of hydrogen-bond acceptors (Lipinski definition) is 5. The first-order valence-electron chi connectivity index (χ1n) is 8.92. The fraction of sp³-hybridized carbons (Fsp3) is 0.474. The highest BCUT2D eigenvalue weighted by molar-refractivity contribution is 6.17. The molecule has 3 aliphatic heterocycles. The van der Waals surface area contributed by atoms with Crippen molar-refractivity contribution in [1.82, 2.24) is 9.80 Å². The minimum Gasteiger partial charge on any atom is -0.339 e. The smallest absolute Gasteiger partial charge is 0.250 e. The van der Waals surface area contributed by atoms with E-state index in [0.29, 0.717) is 23.8 Å². The number of fused-ring (bicyclic) bond motifs is 2. The number of carbonyl (C=O) groups excluding carboxylic acids is 1. The Morgan fingerprint density at radius 2 is 1.67 bits per heavy atom. The van der Waals surface area contributed by atoms with E-state index in [-0.39, 0.29) is 28.9 Å². The molecule has 6 nitrogen and oxygen atoms in total. The van der Waals surface area contributed by atoms with Gasteiger partial charge in [0, 0.05) is 38.8 Å². The number of carbonyl (C=O) groups is 1. The molecule has 4 rings (SSSR count). The molecule has 0 radical (unpaired) electrons. The van der Waals surface area contributed by atoms with Crippen LogP contribution in [-0.2, 0) is 4.79 Å². The van der Waals surface area contributed by atoms with Crippen molar-refractivity contribution in [3.8, 4) is 0 Å². The summed E-state index contributed by atoms with van der Waals surface area (Å²) in [5.41, 5.74) is 0.496. The maximum atomic E-state index is 15.2. The molecule has 1 aromatic carbocycles. The summed E-state index contributed by atoms with van der Waals surface area (Å²) in [5.74, 6) is -0.828. The highest BCUT2D eigenvalue weighted by Gasteiger charge is 2.47. The number of likely N-dealkylation sites (N-methyl/N-ethyl adjacent to an activating group) is 2. The highest BCUT2D eigenvalue weighted by Crippen LogP contribution is 2.44. The number of amidine groups is 1. The van der Waals surface area contributed by atoms with Crippen LogP contribution in [0.15, 0.2) is 17.4 Å². The standard InChI is InChI=1S/C19H23F2N5O/c1-9-7-23(4)8-12-19(27)25(6)17-13-16(14(20)10(2)15(17)21)24(5)11(3)22-18(13)26(9)12/h9,12H,3,7-8H2,1-2,4-6H3. The maximum Gasteiger partial charge on any atom is 0.250 e. The monoisotopic (exact) mass is 375 g/mol. The molecule has 2 unspecified atom stereocenters. The summed E-state index contributed by atoms with van der Waals surface area (Å²) in [5, 5.41) is 0. The van der Waals surface area contributed by atoms with E-state index < -0.39 is 17.7 Å². The largest absolute Gasteiger partial charge is 0.339 e. The molecular weight excluding hydrogens is 352 g/mol. The van der Waals surface area contributed by atoms with Crippen molar-refractivity contribution in [1.29, 1.82) is 0 Å². The number of piperazine rings is 1. The Balaban J connectivity index is 2.10. The zero-order valence-corrected chi connectivity index (χ0v) is 16.2. The van der Waals surface area contributed by atoms with Gasteiger partial charge in [0.15, 0.2) is 11.6 Å². The van der Waals surface area contributed by atoms with Crippen molar-refractivity contribution in [2.24, 2.45) is 4.99 Å². The minimum absolute atomic E-state index is 0.0488. The van der Waals surface area contributed by atoms with E-state index in [2.05, 4.69) is 16.5 Å². The van der Waals surface area contributed by atoms with E-state index in [9.17, 15) is 4.79 Å². The van der Waals surface area contributed by atoms with Gasteiger partial charge in [0.25, 0.3) is 5.91 Å². The lowest BCUT2D eigenvalue weighted by Crippen LogP contribution is -2.62. The van der Waals surface area contributed by atoms with Gasteiger partial charge in [-0.05, 0) is 20.9 Å². The summed E-state index contributed by atoms with van der Waals surface area (Å²) in [6.07, 6.45) is 0. The summed E-state index contributed by atoms with van der Waals surface area (Å²) in [4.78, 5) is 24.6. The molecule has 8 heteroatoms. The molecule has 144 valence electrons. The predicted molar refractivity (Wildman–Crippen MR) is 101 cm³/mol. The van der Waals surface area contributed by atoms with Gasteiger partial charge < -0.3 is 19.6 Å². The maximum absolute atomic E-state index is 15.2. The summed E-state index contributed by atoms with van der Waals surface area (Å²) in [6, 6.07) is -0.575. The Bertz CT molecular complexity index is 912. The fourth-order valence-electron chi connectivity index (χ4n) is 4.39. The zero-order valence-electron chi connectivity index (χ0n) is 16.2. The molecule has 0 aromatic heterocycles. The topological polar surface area (TPSA) is 42.4 Å². The second-order valence-corrected chi connectivity index (χ2v) is 7.63. The lowest BCUT2D eigenvalue weighted by Gasteiger charge is -2.45. The Kier molecular flexibility index (Phi) is 3.82. The number of aliphatic imine (C=N–C) groups is 1. The number of anilines is 2. The van der Waals surface area contributed by atoms with E-state index in [1.165, 1.54) is 16.7 Å². The average molecular weight is 375 g/mol. The van der Waals surface area contributed by atoms with Gasteiger partial charge in [0.2, 0.25) is 0 Å². The Hall–Kier alpha value is -2.48. The minimum atomic E-state index is -0.725. The normalized spacial score (nSPS) is 25.3. The first-order chi connectivity index (χ1) is 12.6. The molecule has 1 saturated heterocycles. The number of amides is 1. The van der Waals surface area contributed by atoms with Gasteiger partial charge in [0.1, 0.15) is 17.7 Å². The van der Waals surface area contributed by atoms with E-state index >= 15 is 8.78 Å². The third kappa shape index (κ3) is 2.25. The van der Waals surface area contributed by atoms with Gasteiger partial charge in [-0.2, -0.15) is 0 Å². The van der Waals surface area contributed by atoms with E-state index in [1.807, 2.05) is 18.9 Å². The molecule has 0 N–H and O–H groups in total. The first kappa shape index (κ1) is 17.9. The summed E-state index contributed by atoms with van der Waals surface area (Å²) in [7, 11) is 5.14. The summed E-state index contributed by atoms with van der Waals surface area (Å²) < 4.78 is 30.3. The quantitative estimate of drug-likeness (QED) is 0.695. The Morgan fingerprint density at radius 1 is 1.07 bits per heavy atom. The van der Waals surface area contributed by atoms with E-state index in [4.69, 9.17) is 0 Å². The second-order valence-electron chi connectivity index (χ2n) is 7.63. The van der Waals surface area contributed by atoms with Crippen molar-refractivity contribution >= 4 is 23.1 Å². The number of nitrogens with zero attached hydrogens (tertiary/aromatic N) is 5. The molecule has 3 heterocycles. The zero-order chi connectivity index (χ0) is 19.8. The third-order valence-corrected chi connectivity index (χ3v) is 5.80. The number of benzene rings is 1. The van der Waals surface area contributed by atoms with Crippen LogP contribution in [0, 0.1) is 18.6 Å². The lowest BCUT2D eigenvalue weighted by molar-refractivity contribution is -0.124. The fourth-order valence-corrected chi connectivity index (χ4v) is 4.39. The predicted octanol–water partition coefficient (Wildman–Crippen LogP) is 1.92. The molecule has 3 aliphatic rings. The van der Waals surface area contributed by atoms with Crippen molar-refractivity contribution in [2.75, 3.05) is 44.0 Å². The van der Waals surface area contributed by atoms with Crippen LogP contribution >= 0.6 is 0 Å². The Labute approximate surface area is 157 Å². The van der Waals surface area contributed by atoms with Gasteiger partial charge in [-0.1, -0.05) is 6.58 Å². The summed E-state index contributed by atoms with van der Waals surface area (Å²) >= 11 is 0. The van der Waals surface area contributed by atoms with Crippen molar-refractivity contribution in [2.45, 2.75) is 25.9 Å². The molecule has 1 aromatic rings. The molecule has 1 amide bonds. The van der Waals surface area contributed by atoms with Crippen LogP contribution in [-0.4, -0.2) is 67.9 Å². The van der Waals surface area contributed by atoms with Gasteiger partial charge in [-0.25, -0.2) is 13.8 Å². The van der Waals surface area contributed by atoms with Gasteiger partial charge >= 0.3 is 0 Å². The van der Waals surface area contributed by atoms with Crippen LogP contribution in [0.2, 0.25) is 0 Å². The van der Waals surface area contributed by atoms with E-state index in [1.54, 1.807) is 14.1 Å². The average Bonchev–Trinajstić information content (AvgIpc) is 2.69. The van der Waals surface area contributed by atoms with Crippen LogP contribution in [0.4, 0.5) is 20.2 Å². The Morgan fingerprint density at radius 3 is 2.30 bits per heavy atom. The van der Waals surface area contributed by atoms with Crippen LogP contribution < -0.4 is 9.80 Å². The van der Waals surface area contributed by atoms with Gasteiger partial charge in [-0.15, -0.1) is 0 Å². The van der Waals surface area contributed by atoms with Crippen molar-refractivity contribution in [3.05, 3.63) is 35.2 Å². The van der Waals surface area contributed by atoms with Crippen molar-refractivity contribution in [3.63, 3.8) is 0 Å².